The standard InChI is InChI=1S/C12H15N3O/c1-9-3-6-14-11(10(9)7-13)15-8-12(16)4-2-5-12/h3,6,16H,2,4-5,8H2,1H3,(H,14,15). The largest absolute Gasteiger partial charge is 0.388 e. The monoisotopic (exact) mass is 217 g/mol. The van der Waals surface area contributed by atoms with Crippen molar-refractivity contribution in [1.82, 2.24) is 4.98 Å². The summed E-state index contributed by atoms with van der Waals surface area (Å²) in [6, 6.07) is 3.94. The second-order valence-electron chi connectivity index (χ2n) is 4.39. The minimum Gasteiger partial charge on any atom is -0.388 e. The van der Waals surface area contributed by atoms with E-state index in [-0.39, 0.29) is 0 Å². The molecule has 4 heteroatoms. The smallest absolute Gasteiger partial charge is 0.144 e. The number of nitrogens with one attached hydrogen (secondary N) is 1. The molecule has 1 fully saturated rings. The molecule has 0 unspecified atom stereocenters. The van der Waals surface area contributed by atoms with E-state index in [2.05, 4.69) is 16.4 Å². The minimum atomic E-state index is -0.599. The molecule has 0 amide bonds. The predicted octanol–water partition coefficient (Wildman–Crippen LogP) is 1.59. The van der Waals surface area contributed by atoms with E-state index in [1.165, 1.54) is 0 Å². The van der Waals surface area contributed by atoms with Crippen molar-refractivity contribution in [2.24, 2.45) is 0 Å². The molecule has 84 valence electrons. The molecule has 16 heavy (non-hydrogen) atoms. The summed E-state index contributed by atoms with van der Waals surface area (Å²) in [4.78, 5) is 4.13. The number of nitriles is 1. The van der Waals surface area contributed by atoms with E-state index < -0.39 is 5.60 Å². The molecule has 1 aromatic rings. The highest BCUT2D eigenvalue weighted by molar-refractivity contribution is 5.55. The number of rotatable bonds is 3. The van der Waals surface area contributed by atoms with Crippen molar-refractivity contribution in [1.29, 1.82) is 5.26 Å². The van der Waals surface area contributed by atoms with Gasteiger partial charge in [0.15, 0.2) is 0 Å². The second kappa shape index (κ2) is 4.11. The van der Waals surface area contributed by atoms with Crippen LogP contribution in [-0.4, -0.2) is 22.2 Å². The predicted molar refractivity (Wildman–Crippen MR) is 61.0 cm³/mol. The number of aliphatic hydroxyl groups is 1. The molecule has 2 rings (SSSR count). The van der Waals surface area contributed by atoms with Gasteiger partial charge in [-0.1, -0.05) is 0 Å². The average Bonchev–Trinajstić information content (AvgIpc) is 2.24. The molecule has 0 aliphatic heterocycles. The highest BCUT2D eigenvalue weighted by Crippen LogP contribution is 2.31. The van der Waals surface area contributed by atoms with Gasteiger partial charge in [0, 0.05) is 12.7 Å². The second-order valence-corrected chi connectivity index (χ2v) is 4.39. The fraction of sp³-hybridized carbons (Fsp3) is 0.500. The lowest BCUT2D eigenvalue weighted by Crippen LogP contribution is -2.43. The Kier molecular flexibility index (Phi) is 2.80. The zero-order valence-electron chi connectivity index (χ0n) is 9.32. The van der Waals surface area contributed by atoms with Crippen LogP contribution in [0.15, 0.2) is 12.3 Å². The van der Waals surface area contributed by atoms with Gasteiger partial charge in [-0.05, 0) is 37.8 Å². The van der Waals surface area contributed by atoms with E-state index in [0.29, 0.717) is 17.9 Å². The van der Waals surface area contributed by atoms with Gasteiger partial charge in [0.2, 0.25) is 0 Å². The lowest BCUT2D eigenvalue weighted by molar-refractivity contribution is -0.0202. The number of anilines is 1. The van der Waals surface area contributed by atoms with Crippen molar-refractivity contribution >= 4 is 5.82 Å². The third-order valence-electron chi connectivity index (χ3n) is 3.14. The summed E-state index contributed by atoms with van der Waals surface area (Å²) in [5, 5.41) is 22.0. The SMILES string of the molecule is Cc1ccnc(NCC2(O)CCC2)c1C#N. The molecule has 0 spiro atoms. The van der Waals surface area contributed by atoms with Crippen LogP contribution in [0.25, 0.3) is 0 Å². The van der Waals surface area contributed by atoms with Gasteiger partial charge in [0.1, 0.15) is 11.9 Å². The minimum absolute atomic E-state index is 0.470. The number of pyridine rings is 1. The molecule has 1 aliphatic carbocycles. The molecule has 0 aromatic carbocycles. The molecule has 0 atom stereocenters. The topological polar surface area (TPSA) is 68.9 Å². The summed E-state index contributed by atoms with van der Waals surface area (Å²) < 4.78 is 0. The van der Waals surface area contributed by atoms with Gasteiger partial charge in [-0.25, -0.2) is 4.98 Å². The van der Waals surface area contributed by atoms with Crippen LogP contribution in [0.1, 0.15) is 30.4 Å². The van der Waals surface area contributed by atoms with Gasteiger partial charge < -0.3 is 10.4 Å². The van der Waals surface area contributed by atoms with Crippen molar-refractivity contribution in [2.75, 3.05) is 11.9 Å². The lowest BCUT2D eigenvalue weighted by atomic mass is 9.80. The zero-order chi connectivity index (χ0) is 11.6. The fourth-order valence-electron chi connectivity index (χ4n) is 1.84. The average molecular weight is 217 g/mol. The zero-order valence-corrected chi connectivity index (χ0v) is 9.32. The molecule has 1 saturated carbocycles. The molecule has 1 aliphatic rings. The molecule has 1 heterocycles. The molecule has 4 nitrogen and oxygen atoms in total. The van der Waals surface area contributed by atoms with Crippen molar-refractivity contribution in [3.8, 4) is 6.07 Å². The highest BCUT2D eigenvalue weighted by Gasteiger charge is 2.34. The van der Waals surface area contributed by atoms with E-state index in [1.54, 1.807) is 6.20 Å². The summed E-state index contributed by atoms with van der Waals surface area (Å²) in [5.74, 6) is 0.572. The van der Waals surface area contributed by atoms with Crippen LogP contribution < -0.4 is 5.32 Å². The van der Waals surface area contributed by atoms with Gasteiger partial charge >= 0.3 is 0 Å². The molecule has 0 radical (unpaired) electrons. The number of aryl methyl sites for hydroxylation is 1. The third kappa shape index (κ3) is 2.00. The molecular weight excluding hydrogens is 202 g/mol. The van der Waals surface area contributed by atoms with Gasteiger partial charge in [0.25, 0.3) is 0 Å². The van der Waals surface area contributed by atoms with Gasteiger partial charge in [-0.3, -0.25) is 0 Å². The van der Waals surface area contributed by atoms with Crippen molar-refractivity contribution in [2.45, 2.75) is 31.8 Å². The van der Waals surface area contributed by atoms with Gasteiger partial charge in [-0.15, -0.1) is 0 Å². The van der Waals surface area contributed by atoms with Crippen LogP contribution >= 0.6 is 0 Å². The maximum Gasteiger partial charge on any atom is 0.144 e. The third-order valence-corrected chi connectivity index (χ3v) is 3.14. The maximum atomic E-state index is 9.93. The van der Waals surface area contributed by atoms with Crippen LogP contribution in [-0.2, 0) is 0 Å². The quantitative estimate of drug-likeness (QED) is 0.806. The maximum absolute atomic E-state index is 9.93. The van der Waals surface area contributed by atoms with Crippen LogP contribution in [0.4, 0.5) is 5.82 Å². The van der Waals surface area contributed by atoms with E-state index >= 15 is 0 Å². The number of hydrogen-bond donors (Lipinski definition) is 2. The van der Waals surface area contributed by atoms with Gasteiger partial charge in [0.05, 0.1) is 11.2 Å². The Morgan fingerprint density at radius 1 is 1.62 bits per heavy atom. The summed E-state index contributed by atoms with van der Waals surface area (Å²) in [5.41, 5.74) is 0.865. The first-order chi connectivity index (χ1) is 7.64. The van der Waals surface area contributed by atoms with Crippen LogP contribution in [0.5, 0.6) is 0 Å². The molecule has 1 aromatic heterocycles. The Morgan fingerprint density at radius 2 is 2.38 bits per heavy atom. The lowest BCUT2D eigenvalue weighted by Gasteiger charge is -2.36. The highest BCUT2D eigenvalue weighted by atomic mass is 16.3. The Labute approximate surface area is 94.9 Å². The van der Waals surface area contributed by atoms with Crippen molar-refractivity contribution < 1.29 is 5.11 Å². The Balaban J connectivity index is 2.10. The Morgan fingerprint density at radius 3 is 2.94 bits per heavy atom. The molecule has 2 N–H and O–H groups in total. The fourth-order valence-corrected chi connectivity index (χ4v) is 1.84. The van der Waals surface area contributed by atoms with Crippen LogP contribution in [0.3, 0.4) is 0 Å². The Hall–Kier alpha value is -1.60. The van der Waals surface area contributed by atoms with Crippen LogP contribution in [0.2, 0.25) is 0 Å². The Bertz CT molecular complexity index is 432. The van der Waals surface area contributed by atoms with Crippen LogP contribution in [0, 0.1) is 18.3 Å². The molecule has 0 bridgehead atoms. The number of aromatic nitrogens is 1. The summed E-state index contributed by atoms with van der Waals surface area (Å²) in [6.45, 7) is 2.35. The van der Waals surface area contributed by atoms with E-state index in [1.807, 2.05) is 13.0 Å². The first-order valence-corrected chi connectivity index (χ1v) is 5.47. The number of hydrogen-bond acceptors (Lipinski definition) is 4. The molecule has 0 saturated heterocycles. The summed E-state index contributed by atoms with van der Waals surface area (Å²) >= 11 is 0. The van der Waals surface area contributed by atoms with Crippen molar-refractivity contribution in [3.05, 3.63) is 23.4 Å². The normalized spacial score (nSPS) is 17.3. The summed E-state index contributed by atoms with van der Waals surface area (Å²) in [7, 11) is 0. The van der Waals surface area contributed by atoms with E-state index in [4.69, 9.17) is 5.26 Å². The number of nitrogens with zero attached hydrogens (tertiary/aromatic N) is 2. The van der Waals surface area contributed by atoms with E-state index in [9.17, 15) is 5.11 Å². The molecular formula is C12H15N3O. The van der Waals surface area contributed by atoms with Crippen molar-refractivity contribution in [3.63, 3.8) is 0 Å². The van der Waals surface area contributed by atoms with E-state index in [0.717, 1.165) is 24.8 Å². The first kappa shape index (κ1) is 10.9. The van der Waals surface area contributed by atoms with Gasteiger partial charge in [-0.2, -0.15) is 5.26 Å². The summed E-state index contributed by atoms with van der Waals surface area (Å²) in [6.07, 6.45) is 4.40. The first-order valence-electron chi connectivity index (χ1n) is 5.47.